The van der Waals surface area contributed by atoms with Crippen LogP contribution >= 0.6 is 0 Å². The lowest BCUT2D eigenvalue weighted by Gasteiger charge is -2.34. The second-order valence-electron chi connectivity index (χ2n) is 5.60. The third kappa shape index (κ3) is 3.38. The van der Waals surface area contributed by atoms with Crippen LogP contribution in [0.1, 0.15) is 26.7 Å². The predicted octanol–water partition coefficient (Wildman–Crippen LogP) is 2.82. The molecule has 1 aromatic rings. The van der Waals surface area contributed by atoms with E-state index >= 15 is 0 Å². The molecule has 1 fully saturated rings. The second-order valence-corrected chi connectivity index (χ2v) is 5.60. The monoisotopic (exact) mass is 265 g/mol. The molecule has 1 saturated heterocycles. The van der Waals surface area contributed by atoms with E-state index in [2.05, 4.69) is 24.1 Å². The summed E-state index contributed by atoms with van der Waals surface area (Å²) in [5.74, 6) is 0.446. The number of rotatable bonds is 4. The maximum Gasteiger partial charge on any atom is 0.148 e. The van der Waals surface area contributed by atoms with Crippen molar-refractivity contribution >= 4 is 11.4 Å². The quantitative estimate of drug-likeness (QED) is 0.879. The Labute approximate surface area is 115 Å². The van der Waals surface area contributed by atoms with Gasteiger partial charge in [0.2, 0.25) is 0 Å². The highest BCUT2D eigenvalue weighted by Crippen LogP contribution is 2.32. The average molecular weight is 265 g/mol. The number of benzene rings is 1. The first-order valence-corrected chi connectivity index (χ1v) is 7.12. The van der Waals surface area contributed by atoms with Gasteiger partial charge in [0.05, 0.1) is 11.4 Å². The van der Waals surface area contributed by atoms with E-state index in [1.54, 1.807) is 6.07 Å². The molecule has 1 aromatic carbocycles. The molecule has 1 heterocycles. The van der Waals surface area contributed by atoms with E-state index in [9.17, 15) is 4.39 Å². The Bertz CT molecular complexity index is 412. The molecule has 1 aliphatic rings. The van der Waals surface area contributed by atoms with Crippen LogP contribution in [0.5, 0.6) is 0 Å². The molecule has 19 heavy (non-hydrogen) atoms. The summed E-state index contributed by atoms with van der Waals surface area (Å²) in [7, 11) is 0. The summed E-state index contributed by atoms with van der Waals surface area (Å²) in [6, 6.07) is 5.54. The zero-order valence-corrected chi connectivity index (χ0v) is 11.8. The highest BCUT2D eigenvalue weighted by molar-refractivity contribution is 5.71. The van der Waals surface area contributed by atoms with Crippen molar-refractivity contribution in [3.05, 3.63) is 24.0 Å². The van der Waals surface area contributed by atoms with E-state index in [1.165, 1.54) is 6.07 Å². The molecule has 106 valence electrons. The van der Waals surface area contributed by atoms with Gasteiger partial charge in [-0.3, -0.25) is 0 Å². The highest BCUT2D eigenvalue weighted by Gasteiger charge is 2.22. The fourth-order valence-electron chi connectivity index (χ4n) is 2.66. The minimum atomic E-state index is -0.142. The molecule has 3 nitrogen and oxygen atoms in total. The average Bonchev–Trinajstić information content (AvgIpc) is 2.38. The Balaban J connectivity index is 2.19. The van der Waals surface area contributed by atoms with Crippen LogP contribution in [-0.2, 0) is 0 Å². The van der Waals surface area contributed by atoms with Gasteiger partial charge in [-0.25, -0.2) is 4.39 Å². The first-order chi connectivity index (χ1) is 9.11. The molecule has 0 unspecified atom stereocenters. The SMILES string of the molecule is CC(C)Nc1cccc(F)c1N1CCC(CN)CC1. The van der Waals surface area contributed by atoms with Gasteiger partial charge < -0.3 is 16.0 Å². The molecule has 0 aliphatic carbocycles. The molecular weight excluding hydrogens is 241 g/mol. The van der Waals surface area contributed by atoms with Crippen molar-refractivity contribution in [2.24, 2.45) is 11.7 Å². The molecule has 0 saturated carbocycles. The van der Waals surface area contributed by atoms with Crippen LogP contribution in [0.25, 0.3) is 0 Å². The van der Waals surface area contributed by atoms with Gasteiger partial charge in [-0.2, -0.15) is 0 Å². The highest BCUT2D eigenvalue weighted by atomic mass is 19.1. The van der Waals surface area contributed by atoms with Gasteiger partial charge >= 0.3 is 0 Å². The number of nitrogens with one attached hydrogen (secondary N) is 1. The minimum Gasteiger partial charge on any atom is -0.381 e. The first-order valence-electron chi connectivity index (χ1n) is 7.12. The number of para-hydroxylation sites is 1. The van der Waals surface area contributed by atoms with Gasteiger partial charge in [0.1, 0.15) is 5.82 Å². The maximum absolute atomic E-state index is 14.2. The lowest BCUT2D eigenvalue weighted by Crippen LogP contribution is -2.37. The molecule has 0 aromatic heterocycles. The maximum atomic E-state index is 14.2. The van der Waals surface area contributed by atoms with E-state index < -0.39 is 0 Å². The third-order valence-corrected chi connectivity index (χ3v) is 3.70. The van der Waals surface area contributed by atoms with Crippen LogP contribution in [0, 0.1) is 11.7 Å². The predicted molar refractivity (Wildman–Crippen MR) is 79.2 cm³/mol. The number of hydrogen-bond donors (Lipinski definition) is 2. The molecule has 0 amide bonds. The molecule has 2 rings (SSSR count). The second kappa shape index (κ2) is 6.24. The molecule has 0 bridgehead atoms. The zero-order valence-electron chi connectivity index (χ0n) is 11.8. The molecule has 3 N–H and O–H groups in total. The summed E-state index contributed by atoms with van der Waals surface area (Å²) in [6.45, 7) is 6.64. The molecule has 0 spiro atoms. The van der Waals surface area contributed by atoms with Gasteiger partial charge in [0.25, 0.3) is 0 Å². The van der Waals surface area contributed by atoms with Crippen LogP contribution in [0.3, 0.4) is 0 Å². The number of anilines is 2. The number of nitrogens with two attached hydrogens (primary N) is 1. The number of halogens is 1. The van der Waals surface area contributed by atoms with Gasteiger partial charge in [0.15, 0.2) is 0 Å². The Hall–Kier alpha value is -1.29. The van der Waals surface area contributed by atoms with Gasteiger partial charge in [0, 0.05) is 19.1 Å². The van der Waals surface area contributed by atoms with Gasteiger partial charge in [-0.15, -0.1) is 0 Å². The van der Waals surface area contributed by atoms with Crippen molar-refractivity contribution < 1.29 is 4.39 Å². The fraction of sp³-hybridized carbons (Fsp3) is 0.600. The Morgan fingerprint density at radius 3 is 2.63 bits per heavy atom. The zero-order chi connectivity index (χ0) is 13.8. The van der Waals surface area contributed by atoms with E-state index in [1.807, 2.05) is 6.07 Å². The van der Waals surface area contributed by atoms with Crippen LogP contribution < -0.4 is 16.0 Å². The third-order valence-electron chi connectivity index (χ3n) is 3.70. The van der Waals surface area contributed by atoms with E-state index in [-0.39, 0.29) is 5.82 Å². The summed E-state index contributed by atoms with van der Waals surface area (Å²) in [5.41, 5.74) is 7.31. The summed E-state index contributed by atoms with van der Waals surface area (Å²) >= 11 is 0. The van der Waals surface area contributed by atoms with Crippen molar-refractivity contribution in [3.8, 4) is 0 Å². The van der Waals surface area contributed by atoms with Crippen molar-refractivity contribution in [1.82, 2.24) is 0 Å². The van der Waals surface area contributed by atoms with Crippen LogP contribution in [-0.4, -0.2) is 25.7 Å². The molecule has 4 heteroatoms. The number of hydrogen-bond acceptors (Lipinski definition) is 3. The van der Waals surface area contributed by atoms with E-state index in [0.717, 1.165) is 38.2 Å². The molecule has 0 atom stereocenters. The van der Waals surface area contributed by atoms with E-state index in [4.69, 9.17) is 5.73 Å². The minimum absolute atomic E-state index is 0.142. The van der Waals surface area contributed by atoms with Crippen LogP contribution in [0.2, 0.25) is 0 Å². The lowest BCUT2D eigenvalue weighted by atomic mass is 9.96. The standard InChI is InChI=1S/C15H24FN3/c1-11(2)18-14-5-3-4-13(16)15(14)19-8-6-12(10-17)7-9-19/h3-5,11-12,18H,6-10,17H2,1-2H3. The van der Waals surface area contributed by atoms with E-state index in [0.29, 0.717) is 17.6 Å². The van der Waals surface area contributed by atoms with Gasteiger partial charge in [-0.1, -0.05) is 6.07 Å². The Morgan fingerprint density at radius 1 is 1.37 bits per heavy atom. The number of piperidine rings is 1. The van der Waals surface area contributed by atoms with Crippen LogP contribution in [0.4, 0.5) is 15.8 Å². The smallest absolute Gasteiger partial charge is 0.148 e. The fourth-order valence-corrected chi connectivity index (χ4v) is 2.66. The lowest BCUT2D eigenvalue weighted by molar-refractivity contribution is 0.412. The largest absolute Gasteiger partial charge is 0.381 e. The summed E-state index contributed by atoms with van der Waals surface area (Å²) in [6.07, 6.45) is 2.10. The molecular formula is C15H24FN3. The van der Waals surface area contributed by atoms with Gasteiger partial charge in [-0.05, 0) is 51.3 Å². The molecule has 1 aliphatic heterocycles. The number of nitrogens with zero attached hydrogens (tertiary/aromatic N) is 1. The molecule has 0 radical (unpaired) electrons. The normalized spacial score (nSPS) is 17.0. The summed E-state index contributed by atoms with van der Waals surface area (Å²) in [4.78, 5) is 2.15. The first kappa shape index (κ1) is 14.1. The van der Waals surface area contributed by atoms with Crippen molar-refractivity contribution in [1.29, 1.82) is 0 Å². The summed E-state index contributed by atoms with van der Waals surface area (Å²) in [5, 5.41) is 3.33. The Morgan fingerprint density at radius 2 is 2.05 bits per heavy atom. The van der Waals surface area contributed by atoms with Crippen molar-refractivity contribution in [2.45, 2.75) is 32.7 Å². The summed E-state index contributed by atoms with van der Waals surface area (Å²) < 4.78 is 14.2. The van der Waals surface area contributed by atoms with Crippen molar-refractivity contribution in [2.75, 3.05) is 29.9 Å². The Kier molecular flexibility index (Phi) is 4.64. The van der Waals surface area contributed by atoms with Crippen molar-refractivity contribution in [3.63, 3.8) is 0 Å². The topological polar surface area (TPSA) is 41.3 Å². The van der Waals surface area contributed by atoms with Crippen LogP contribution in [0.15, 0.2) is 18.2 Å².